The Hall–Kier alpha value is -1.39. The number of piperidine rings is 1. The summed E-state index contributed by atoms with van der Waals surface area (Å²) in [6, 6.07) is 10.6. The van der Waals surface area contributed by atoms with Crippen LogP contribution < -0.4 is 0 Å². The zero-order valence-corrected chi connectivity index (χ0v) is 14.7. The van der Waals surface area contributed by atoms with E-state index in [-0.39, 0.29) is 5.91 Å². The number of nitrogens with zero attached hydrogens (tertiary/aromatic N) is 2. The molecule has 0 spiro atoms. The van der Waals surface area contributed by atoms with Gasteiger partial charge in [0.05, 0.1) is 12.1 Å². The number of aliphatic hydroxyl groups is 1. The molecule has 0 radical (unpaired) electrons. The zero-order chi connectivity index (χ0) is 16.9. The fourth-order valence-corrected chi connectivity index (χ4v) is 3.38. The fourth-order valence-electron chi connectivity index (χ4n) is 3.38. The van der Waals surface area contributed by atoms with Crippen LogP contribution in [0.15, 0.2) is 30.3 Å². The predicted octanol–water partition coefficient (Wildman–Crippen LogP) is 2.17. The second-order valence-corrected chi connectivity index (χ2v) is 7.50. The minimum Gasteiger partial charge on any atom is -0.389 e. The lowest BCUT2D eigenvalue weighted by molar-refractivity contribution is -0.134. The van der Waals surface area contributed by atoms with Crippen LogP contribution >= 0.6 is 0 Å². The number of carbonyl (C=O) groups is 1. The van der Waals surface area contributed by atoms with Crippen molar-refractivity contribution in [3.63, 3.8) is 0 Å². The van der Waals surface area contributed by atoms with E-state index in [1.54, 1.807) is 13.8 Å². The third-order valence-corrected chi connectivity index (χ3v) is 4.40. The number of likely N-dealkylation sites (N-methyl/N-ethyl adjacent to an activating group) is 1. The maximum Gasteiger partial charge on any atom is 0.236 e. The normalized spacial score (nSPS) is 16.8. The lowest BCUT2D eigenvalue weighted by Crippen LogP contribution is -2.46. The molecule has 1 aromatic rings. The third kappa shape index (κ3) is 6.32. The molecule has 1 amide bonds. The molecule has 0 bridgehead atoms. The minimum absolute atomic E-state index is 0.176. The molecular formula is C19H30N2O2. The van der Waals surface area contributed by atoms with Crippen molar-refractivity contribution in [2.75, 3.05) is 33.2 Å². The standard InChI is InChI=1S/C19H30N2O2/c1-19(2,23)15-20(3)14-18(22)21-11-9-17(10-12-21)13-16-7-5-4-6-8-16/h4-8,17,23H,9-15H2,1-3H3. The zero-order valence-electron chi connectivity index (χ0n) is 14.7. The number of hydrogen-bond donors (Lipinski definition) is 1. The molecule has 0 saturated carbocycles. The van der Waals surface area contributed by atoms with Crippen LogP contribution in [0.1, 0.15) is 32.3 Å². The molecule has 1 aliphatic rings. The molecule has 1 N–H and O–H groups in total. The Labute approximate surface area is 140 Å². The first kappa shape index (κ1) is 18.0. The molecule has 4 heteroatoms. The summed E-state index contributed by atoms with van der Waals surface area (Å²) in [6.07, 6.45) is 3.27. The van der Waals surface area contributed by atoms with Gasteiger partial charge in [-0.25, -0.2) is 0 Å². The van der Waals surface area contributed by atoms with E-state index in [0.29, 0.717) is 19.0 Å². The van der Waals surface area contributed by atoms with E-state index in [1.165, 1.54) is 5.56 Å². The van der Waals surface area contributed by atoms with Gasteiger partial charge in [-0.15, -0.1) is 0 Å². The summed E-state index contributed by atoms with van der Waals surface area (Å²) in [5, 5.41) is 9.82. The first-order valence-electron chi connectivity index (χ1n) is 8.56. The Balaban J connectivity index is 1.74. The van der Waals surface area contributed by atoms with E-state index >= 15 is 0 Å². The number of benzene rings is 1. The molecule has 2 rings (SSSR count). The van der Waals surface area contributed by atoms with Gasteiger partial charge in [0.15, 0.2) is 0 Å². The molecule has 0 aliphatic carbocycles. The van der Waals surface area contributed by atoms with Crippen LogP contribution in [0.25, 0.3) is 0 Å². The van der Waals surface area contributed by atoms with Crippen LogP contribution in [-0.4, -0.2) is 59.6 Å². The van der Waals surface area contributed by atoms with Gasteiger partial charge in [0.2, 0.25) is 5.91 Å². The van der Waals surface area contributed by atoms with Gasteiger partial charge < -0.3 is 10.0 Å². The largest absolute Gasteiger partial charge is 0.389 e. The molecular weight excluding hydrogens is 288 g/mol. The molecule has 1 aromatic carbocycles. The fraction of sp³-hybridized carbons (Fsp3) is 0.632. The average Bonchev–Trinajstić information content (AvgIpc) is 2.47. The Kier molecular flexibility index (Phi) is 6.19. The molecule has 0 aromatic heterocycles. The molecule has 1 heterocycles. The smallest absolute Gasteiger partial charge is 0.236 e. The van der Waals surface area contributed by atoms with Crippen molar-refractivity contribution >= 4 is 5.91 Å². The summed E-state index contributed by atoms with van der Waals surface area (Å²) < 4.78 is 0. The van der Waals surface area contributed by atoms with Crippen molar-refractivity contribution in [2.45, 2.75) is 38.7 Å². The van der Waals surface area contributed by atoms with Gasteiger partial charge in [0.25, 0.3) is 0 Å². The van der Waals surface area contributed by atoms with E-state index in [9.17, 15) is 9.90 Å². The third-order valence-electron chi connectivity index (χ3n) is 4.40. The summed E-state index contributed by atoms with van der Waals surface area (Å²) in [7, 11) is 1.89. The van der Waals surface area contributed by atoms with Crippen LogP contribution in [0, 0.1) is 5.92 Å². The lowest BCUT2D eigenvalue weighted by atomic mass is 9.90. The van der Waals surface area contributed by atoms with Gasteiger partial charge in [-0.2, -0.15) is 0 Å². The van der Waals surface area contributed by atoms with E-state index in [1.807, 2.05) is 16.8 Å². The highest BCUT2D eigenvalue weighted by Gasteiger charge is 2.24. The van der Waals surface area contributed by atoms with Gasteiger partial charge >= 0.3 is 0 Å². The molecule has 1 fully saturated rings. The summed E-state index contributed by atoms with van der Waals surface area (Å²) in [4.78, 5) is 16.2. The van der Waals surface area contributed by atoms with Crippen molar-refractivity contribution < 1.29 is 9.90 Å². The molecule has 1 aliphatic heterocycles. The molecule has 1 saturated heterocycles. The van der Waals surface area contributed by atoms with E-state index in [4.69, 9.17) is 0 Å². The topological polar surface area (TPSA) is 43.8 Å². The van der Waals surface area contributed by atoms with Gasteiger partial charge in [0.1, 0.15) is 0 Å². The van der Waals surface area contributed by atoms with Gasteiger partial charge in [-0.1, -0.05) is 30.3 Å². The van der Waals surface area contributed by atoms with Gasteiger partial charge in [-0.3, -0.25) is 9.69 Å². The first-order valence-corrected chi connectivity index (χ1v) is 8.56. The monoisotopic (exact) mass is 318 g/mol. The molecule has 23 heavy (non-hydrogen) atoms. The maximum absolute atomic E-state index is 12.4. The first-order chi connectivity index (χ1) is 10.8. The molecule has 0 unspecified atom stereocenters. The number of likely N-dealkylation sites (tertiary alicyclic amines) is 1. The van der Waals surface area contributed by atoms with Crippen LogP contribution in [0.5, 0.6) is 0 Å². The maximum atomic E-state index is 12.4. The second kappa shape index (κ2) is 7.93. The summed E-state index contributed by atoms with van der Waals surface area (Å²) in [5.41, 5.74) is 0.625. The van der Waals surface area contributed by atoms with Crippen LogP contribution in [0.3, 0.4) is 0 Å². The van der Waals surface area contributed by atoms with Gasteiger partial charge in [-0.05, 0) is 51.6 Å². The molecule has 0 atom stereocenters. The highest BCUT2D eigenvalue weighted by atomic mass is 16.3. The predicted molar refractivity (Wildman–Crippen MR) is 93.2 cm³/mol. The molecule has 128 valence electrons. The highest BCUT2D eigenvalue weighted by molar-refractivity contribution is 5.78. The van der Waals surface area contributed by atoms with E-state index in [2.05, 4.69) is 30.3 Å². The summed E-state index contributed by atoms with van der Waals surface area (Å²) >= 11 is 0. The lowest BCUT2D eigenvalue weighted by Gasteiger charge is -2.34. The second-order valence-electron chi connectivity index (χ2n) is 7.50. The minimum atomic E-state index is -0.766. The van der Waals surface area contributed by atoms with Gasteiger partial charge in [0, 0.05) is 19.6 Å². The van der Waals surface area contributed by atoms with Crippen LogP contribution in [0.2, 0.25) is 0 Å². The van der Waals surface area contributed by atoms with Crippen molar-refractivity contribution in [1.29, 1.82) is 0 Å². The van der Waals surface area contributed by atoms with Crippen LogP contribution in [0.4, 0.5) is 0 Å². The highest BCUT2D eigenvalue weighted by Crippen LogP contribution is 2.21. The van der Waals surface area contributed by atoms with Crippen molar-refractivity contribution in [2.24, 2.45) is 5.92 Å². The number of hydrogen-bond acceptors (Lipinski definition) is 3. The Morgan fingerprint density at radius 3 is 2.43 bits per heavy atom. The SMILES string of the molecule is CN(CC(=O)N1CCC(Cc2ccccc2)CC1)CC(C)(C)O. The van der Waals surface area contributed by atoms with Crippen molar-refractivity contribution in [3.05, 3.63) is 35.9 Å². The molecule has 4 nitrogen and oxygen atoms in total. The average molecular weight is 318 g/mol. The Morgan fingerprint density at radius 2 is 1.87 bits per heavy atom. The van der Waals surface area contributed by atoms with Crippen LogP contribution in [-0.2, 0) is 11.2 Å². The van der Waals surface area contributed by atoms with Crippen molar-refractivity contribution in [1.82, 2.24) is 9.80 Å². The quantitative estimate of drug-likeness (QED) is 0.874. The Morgan fingerprint density at radius 1 is 1.26 bits per heavy atom. The number of rotatable bonds is 6. The number of carbonyl (C=O) groups excluding carboxylic acids is 1. The Bertz CT molecular complexity index is 488. The summed E-state index contributed by atoms with van der Waals surface area (Å²) in [6.45, 7) is 6.13. The van der Waals surface area contributed by atoms with E-state index in [0.717, 1.165) is 32.4 Å². The number of amides is 1. The summed E-state index contributed by atoms with van der Waals surface area (Å²) in [5.74, 6) is 0.852. The van der Waals surface area contributed by atoms with E-state index < -0.39 is 5.60 Å². The van der Waals surface area contributed by atoms with Crippen molar-refractivity contribution in [3.8, 4) is 0 Å².